The molecule has 3 rings (SSSR count). The average molecular weight is 170 g/mol. The Morgan fingerprint density at radius 3 is 2.42 bits per heavy atom. The molecule has 2 bridgehead atoms. The van der Waals surface area contributed by atoms with Crippen molar-refractivity contribution in [2.75, 3.05) is 6.61 Å². The van der Waals surface area contributed by atoms with E-state index in [-0.39, 0.29) is 12.0 Å². The Labute approximate surface area is 73.6 Å². The second kappa shape index (κ2) is 2.24. The van der Waals surface area contributed by atoms with Crippen LogP contribution in [0.1, 0.15) is 33.1 Å². The van der Waals surface area contributed by atoms with Crippen molar-refractivity contribution in [1.82, 2.24) is 0 Å². The molecule has 0 aliphatic heterocycles. The molecule has 2 nitrogen and oxygen atoms in total. The van der Waals surface area contributed by atoms with Crippen molar-refractivity contribution in [1.29, 1.82) is 0 Å². The van der Waals surface area contributed by atoms with Gasteiger partial charge in [-0.3, -0.25) is 0 Å². The fraction of sp³-hybridized carbons (Fsp3) is 1.00. The summed E-state index contributed by atoms with van der Waals surface area (Å²) in [5.74, 6) is 0.987. The van der Waals surface area contributed by atoms with Gasteiger partial charge in [-0.25, -0.2) is 0 Å². The summed E-state index contributed by atoms with van der Waals surface area (Å²) in [5.41, 5.74) is -0.506. The van der Waals surface area contributed by atoms with Crippen LogP contribution in [0.25, 0.3) is 0 Å². The molecule has 0 unspecified atom stereocenters. The minimum Gasteiger partial charge on any atom is -0.396 e. The highest BCUT2D eigenvalue weighted by molar-refractivity contribution is 5.10. The van der Waals surface area contributed by atoms with Crippen molar-refractivity contribution in [2.45, 2.75) is 38.7 Å². The van der Waals surface area contributed by atoms with Crippen LogP contribution in [0.2, 0.25) is 0 Å². The van der Waals surface area contributed by atoms with Crippen LogP contribution in [0, 0.1) is 17.3 Å². The first-order chi connectivity index (χ1) is 5.50. The molecule has 3 aliphatic rings. The topological polar surface area (TPSA) is 40.5 Å². The van der Waals surface area contributed by atoms with Crippen molar-refractivity contribution in [3.8, 4) is 0 Å². The van der Waals surface area contributed by atoms with Gasteiger partial charge in [-0.15, -0.1) is 0 Å². The number of fused-ring (bicyclic) bond motifs is 2. The highest BCUT2D eigenvalue weighted by Gasteiger charge is 2.60. The lowest BCUT2D eigenvalue weighted by Crippen LogP contribution is -2.62. The Morgan fingerprint density at radius 1 is 1.42 bits per heavy atom. The van der Waals surface area contributed by atoms with Gasteiger partial charge in [0.15, 0.2) is 0 Å². The predicted octanol–water partition coefficient (Wildman–Crippen LogP) is 1.17. The Hall–Kier alpha value is -0.0800. The maximum atomic E-state index is 10.0. The van der Waals surface area contributed by atoms with Gasteiger partial charge in [0.05, 0.1) is 5.60 Å². The zero-order valence-corrected chi connectivity index (χ0v) is 7.88. The van der Waals surface area contributed by atoms with Crippen LogP contribution in [0.3, 0.4) is 0 Å². The second-order valence-corrected chi connectivity index (χ2v) is 5.04. The first-order valence-electron chi connectivity index (χ1n) is 4.84. The zero-order chi connectivity index (χ0) is 8.98. The lowest BCUT2D eigenvalue weighted by Gasteiger charge is -2.63. The summed E-state index contributed by atoms with van der Waals surface area (Å²) in [6.45, 7) is 4.26. The van der Waals surface area contributed by atoms with Crippen molar-refractivity contribution in [2.24, 2.45) is 17.3 Å². The van der Waals surface area contributed by atoms with Gasteiger partial charge < -0.3 is 10.2 Å². The van der Waals surface area contributed by atoms with Gasteiger partial charge in [0.1, 0.15) is 0 Å². The maximum absolute atomic E-state index is 10.0. The molecule has 2 heteroatoms. The molecule has 0 aromatic carbocycles. The molecule has 0 radical (unpaired) electrons. The fourth-order valence-electron chi connectivity index (χ4n) is 3.24. The second-order valence-electron chi connectivity index (χ2n) is 5.04. The zero-order valence-electron chi connectivity index (χ0n) is 7.88. The molecule has 0 aromatic rings. The standard InChI is InChI=1S/C10H18O2/c1-9(6-11)7-3-4-10(2,12)8(9)5-7/h7-8,11-12H,3-6H2,1-2H3/t7-,8-,9+,10+/m1/s1. The van der Waals surface area contributed by atoms with Gasteiger partial charge >= 0.3 is 0 Å². The Balaban J connectivity index is 2.22. The quantitative estimate of drug-likeness (QED) is 0.620. The molecule has 12 heavy (non-hydrogen) atoms. The van der Waals surface area contributed by atoms with Crippen LogP contribution in [-0.2, 0) is 0 Å². The smallest absolute Gasteiger partial charge is 0.0654 e. The number of hydrogen-bond donors (Lipinski definition) is 2. The normalized spacial score (nSPS) is 58.0. The molecule has 0 heterocycles. The Morgan fingerprint density at radius 2 is 2.08 bits per heavy atom. The molecular formula is C10H18O2. The third-order valence-corrected chi connectivity index (χ3v) is 4.34. The fourth-order valence-corrected chi connectivity index (χ4v) is 3.24. The lowest BCUT2D eigenvalue weighted by molar-refractivity contribution is -0.214. The first-order valence-corrected chi connectivity index (χ1v) is 4.84. The summed E-state index contributed by atoms with van der Waals surface area (Å²) in [6.07, 6.45) is 3.11. The van der Waals surface area contributed by atoms with Crippen LogP contribution in [0.5, 0.6) is 0 Å². The molecule has 2 N–H and O–H groups in total. The third-order valence-electron chi connectivity index (χ3n) is 4.34. The highest BCUT2D eigenvalue weighted by Crippen LogP contribution is 2.62. The summed E-state index contributed by atoms with van der Waals surface area (Å²) in [5, 5.41) is 19.3. The minimum atomic E-state index is -0.522. The summed E-state index contributed by atoms with van der Waals surface area (Å²) < 4.78 is 0. The summed E-state index contributed by atoms with van der Waals surface area (Å²) >= 11 is 0. The van der Waals surface area contributed by atoms with Gasteiger partial charge in [0.25, 0.3) is 0 Å². The minimum absolute atomic E-state index is 0.0156. The third kappa shape index (κ3) is 0.826. The molecule has 70 valence electrons. The van der Waals surface area contributed by atoms with Gasteiger partial charge in [-0.1, -0.05) is 6.92 Å². The molecule has 0 amide bonds. The van der Waals surface area contributed by atoms with Crippen LogP contribution in [0.15, 0.2) is 0 Å². The Bertz CT molecular complexity index is 198. The molecule has 0 saturated heterocycles. The lowest BCUT2D eigenvalue weighted by atomic mass is 9.44. The van der Waals surface area contributed by atoms with Crippen LogP contribution in [-0.4, -0.2) is 22.4 Å². The van der Waals surface area contributed by atoms with Crippen LogP contribution in [0.4, 0.5) is 0 Å². The maximum Gasteiger partial charge on any atom is 0.0654 e. The molecule has 4 atom stereocenters. The summed E-state index contributed by atoms with van der Waals surface area (Å²) in [6, 6.07) is 0. The molecule has 0 aromatic heterocycles. The van der Waals surface area contributed by atoms with Crippen molar-refractivity contribution >= 4 is 0 Å². The Kier molecular flexibility index (Phi) is 1.59. The van der Waals surface area contributed by atoms with E-state index in [1.54, 1.807) is 0 Å². The van der Waals surface area contributed by atoms with Gasteiger partial charge in [0, 0.05) is 6.61 Å². The van der Waals surface area contributed by atoms with E-state index in [1.165, 1.54) is 0 Å². The van der Waals surface area contributed by atoms with Crippen molar-refractivity contribution < 1.29 is 10.2 Å². The summed E-state index contributed by atoms with van der Waals surface area (Å²) in [4.78, 5) is 0. The van der Waals surface area contributed by atoms with Crippen molar-refractivity contribution in [3.05, 3.63) is 0 Å². The molecular weight excluding hydrogens is 152 g/mol. The SMILES string of the molecule is C[C@]1(CO)[C@@H]2CC[C@](C)(O)[C@@H]1C2. The van der Waals surface area contributed by atoms with Gasteiger partial charge in [0.2, 0.25) is 0 Å². The largest absolute Gasteiger partial charge is 0.396 e. The number of aliphatic hydroxyl groups is 2. The van der Waals surface area contributed by atoms with Crippen LogP contribution >= 0.6 is 0 Å². The van der Waals surface area contributed by atoms with Gasteiger partial charge in [-0.05, 0) is 43.4 Å². The predicted molar refractivity (Wildman–Crippen MR) is 46.6 cm³/mol. The van der Waals surface area contributed by atoms with E-state index < -0.39 is 5.60 Å². The van der Waals surface area contributed by atoms with E-state index in [0.29, 0.717) is 11.8 Å². The molecule has 3 aliphatic carbocycles. The first kappa shape index (κ1) is 8.52. The monoisotopic (exact) mass is 170 g/mol. The van der Waals surface area contributed by atoms with E-state index >= 15 is 0 Å². The van der Waals surface area contributed by atoms with E-state index in [2.05, 4.69) is 6.92 Å². The van der Waals surface area contributed by atoms with Crippen molar-refractivity contribution in [3.63, 3.8) is 0 Å². The van der Waals surface area contributed by atoms with Gasteiger partial charge in [-0.2, -0.15) is 0 Å². The van der Waals surface area contributed by atoms with E-state index in [9.17, 15) is 10.2 Å². The molecule has 0 spiro atoms. The highest BCUT2D eigenvalue weighted by atomic mass is 16.3. The van der Waals surface area contributed by atoms with E-state index in [0.717, 1.165) is 19.3 Å². The van der Waals surface area contributed by atoms with Crippen LogP contribution < -0.4 is 0 Å². The van der Waals surface area contributed by atoms with E-state index in [1.807, 2.05) is 6.92 Å². The number of rotatable bonds is 1. The number of hydrogen-bond acceptors (Lipinski definition) is 2. The molecule has 3 saturated carbocycles. The van der Waals surface area contributed by atoms with E-state index in [4.69, 9.17) is 0 Å². The average Bonchev–Trinajstić information content (AvgIpc) is 2.00. The summed E-state index contributed by atoms with van der Waals surface area (Å²) in [7, 11) is 0. The number of aliphatic hydroxyl groups excluding tert-OH is 1. The molecule has 3 fully saturated rings.